The van der Waals surface area contributed by atoms with Crippen molar-refractivity contribution in [2.45, 2.75) is 13.0 Å². The second kappa shape index (κ2) is 6.11. The molecule has 12 heavy (non-hydrogen) atoms. The van der Waals surface area contributed by atoms with Crippen LogP contribution in [0.15, 0.2) is 0 Å². The molecule has 0 aliphatic carbocycles. The molecule has 1 unspecified atom stereocenters. The number of hydrogen-bond acceptors (Lipinski definition) is 4. The van der Waals surface area contributed by atoms with Crippen LogP contribution in [0.2, 0.25) is 0 Å². The molecule has 0 saturated carbocycles. The van der Waals surface area contributed by atoms with Gasteiger partial charge in [0.1, 0.15) is 0 Å². The summed E-state index contributed by atoms with van der Waals surface area (Å²) >= 11 is 4.43. The van der Waals surface area contributed by atoms with Crippen molar-refractivity contribution < 1.29 is 42.5 Å². The summed E-state index contributed by atoms with van der Waals surface area (Å²) in [6.07, 6.45) is 0. The minimum absolute atomic E-state index is 0. The Bertz CT molecular complexity index is 241. The van der Waals surface area contributed by atoms with Gasteiger partial charge in [0.25, 0.3) is 0 Å². The maximum atomic E-state index is 10.1. The Hall–Kier alpha value is 0.600. The Labute approximate surface area is 99.1 Å². The van der Waals surface area contributed by atoms with Crippen molar-refractivity contribution in [3.63, 3.8) is 0 Å². The van der Waals surface area contributed by atoms with Gasteiger partial charge in [-0.2, -0.15) is 0 Å². The van der Waals surface area contributed by atoms with E-state index in [2.05, 4.69) is 17.5 Å². The van der Waals surface area contributed by atoms with Gasteiger partial charge < -0.3 is 15.6 Å². The Balaban J connectivity index is 0. The second-order valence-electron chi connectivity index (χ2n) is 2.13. The van der Waals surface area contributed by atoms with E-state index in [1.54, 1.807) is 0 Å². The van der Waals surface area contributed by atoms with Crippen LogP contribution in [0.25, 0.3) is 0 Å². The summed E-state index contributed by atoms with van der Waals surface area (Å²) in [6.45, 7) is 1.51. The van der Waals surface area contributed by atoms with E-state index in [-0.39, 0.29) is 34.7 Å². The van der Waals surface area contributed by atoms with Gasteiger partial charge in [-0.1, -0.05) is 0 Å². The summed E-state index contributed by atoms with van der Waals surface area (Å²) in [6, 6.07) is -0.532. The molecule has 0 aromatic rings. The van der Waals surface area contributed by atoms with Crippen LogP contribution in [0.1, 0.15) is 6.92 Å². The molecule has 0 spiro atoms. The molecule has 0 amide bonds. The van der Waals surface area contributed by atoms with E-state index < -0.39 is 21.9 Å². The molecule has 66 valence electrons. The maximum Gasteiger partial charge on any atom is 1.00 e. The Morgan fingerprint density at radius 3 is 2.42 bits per heavy atom. The van der Waals surface area contributed by atoms with Gasteiger partial charge >= 0.3 is 29.6 Å². The fraction of sp³-hybridized carbons (Fsp3) is 0.750. The molecule has 0 aromatic carbocycles. The van der Waals surface area contributed by atoms with Crippen molar-refractivity contribution in [2.24, 2.45) is 5.73 Å². The molecular weight excluding hydrogens is 211 g/mol. The van der Waals surface area contributed by atoms with Crippen LogP contribution in [0, 0.1) is 0 Å². The Morgan fingerprint density at radius 1 is 1.75 bits per heavy atom. The predicted octanol–water partition coefficient (Wildman–Crippen LogP) is -4.24. The summed E-state index contributed by atoms with van der Waals surface area (Å²) in [4.78, 5) is 0. The molecule has 0 heterocycles. The normalized spacial score (nSPS) is 12.8. The fourth-order valence-electron chi connectivity index (χ4n) is 0.591. The molecule has 5 nitrogen and oxygen atoms in total. The molecular formula is C4H9N2NaO3S2. The van der Waals surface area contributed by atoms with Crippen molar-refractivity contribution in [1.29, 1.82) is 0 Å². The molecule has 1 atom stereocenters. The van der Waals surface area contributed by atoms with Gasteiger partial charge in [0, 0.05) is 6.04 Å². The standard InChI is InChI=1S/C4H10N2O3S2.Na/c1-3(6-4(5)10)2-11(7,8)9;/h3H,2H2,1H3,(H3,5,6,10)(H,7,8,9);/q;+1/p-1. The van der Waals surface area contributed by atoms with Gasteiger partial charge in [0.2, 0.25) is 0 Å². The number of hydrogen-bond donors (Lipinski definition) is 2. The van der Waals surface area contributed by atoms with Gasteiger partial charge in [-0.3, -0.25) is 0 Å². The maximum absolute atomic E-state index is 10.1. The minimum Gasteiger partial charge on any atom is -0.748 e. The van der Waals surface area contributed by atoms with Crippen LogP contribution >= 0.6 is 12.2 Å². The van der Waals surface area contributed by atoms with Gasteiger partial charge in [-0.15, -0.1) is 0 Å². The first kappa shape index (κ1) is 15.1. The third-order valence-electron chi connectivity index (χ3n) is 0.843. The molecule has 0 radical (unpaired) electrons. The van der Waals surface area contributed by atoms with Crippen LogP contribution < -0.4 is 40.6 Å². The van der Waals surface area contributed by atoms with E-state index in [1.807, 2.05) is 0 Å². The SMILES string of the molecule is CC(CS(=O)(=O)[O-])NC(N)=S.[Na+]. The van der Waals surface area contributed by atoms with Crippen molar-refractivity contribution in [1.82, 2.24) is 5.32 Å². The number of nitrogens with two attached hydrogens (primary N) is 1. The van der Waals surface area contributed by atoms with Gasteiger partial charge in [0.15, 0.2) is 5.11 Å². The first-order chi connectivity index (χ1) is 4.81. The zero-order valence-electron chi connectivity index (χ0n) is 6.90. The third kappa shape index (κ3) is 10.6. The van der Waals surface area contributed by atoms with E-state index in [1.165, 1.54) is 6.92 Å². The molecule has 0 saturated heterocycles. The van der Waals surface area contributed by atoms with Crippen LogP contribution in [0.5, 0.6) is 0 Å². The van der Waals surface area contributed by atoms with Crippen molar-refractivity contribution in [3.8, 4) is 0 Å². The molecule has 0 aliphatic rings. The quantitative estimate of drug-likeness (QED) is 0.284. The van der Waals surface area contributed by atoms with E-state index in [0.717, 1.165) is 0 Å². The largest absolute Gasteiger partial charge is 1.00 e. The summed E-state index contributed by atoms with van der Waals surface area (Å²) in [5, 5.41) is 2.42. The molecule has 0 fully saturated rings. The molecule has 3 N–H and O–H groups in total. The van der Waals surface area contributed by atoms with Crippen molar-refractivity contribution >= 4 is 27.4 Å². The number of thiocarbonyl (C=S) groups is 1. The zero-order valence-corrected chi connectivity index (χ0v) is 10.5. The van der Waals surface area contributed by atoms with Crippen LogP contribution in [-0.4, -0.2) is 29.9 Å². The third-order valence-corrected chi connectivity index (χ3v) is 1.87. The zero-order chi connectivity index (χ0) is 9.07. The molecule has 0 aromatic heterocycles. The summed E-state index contributed by atoms with van der Waals surface area (Å²) in [5.41, 5.74) is 5.04. The van der Waals surface area contributed by atoms with Gasteiger partial charge in [0.05, 0.1) is 15.9 Å². The Kier molecular flexibility index (Phi) is 7.69. The minimum atomic E-state index is -4.20. The average molecular weight is 220 g/mol. The van der Waals surface area contributed by atoms with Crippen LogP contribution in [-0.2, 0) is 10.1 Å². The first-order valence-electron chi connectivity index (χ1n) is 2.81. The molecule has 0 aliphatic heterocycles. The average Bonchev–Trinajstić information content (AvgIpc) is 1.53. The predicted molar refractivity (Wildman–Crippen MR) is 43.9 cm³/mol. The summed E-state index contributed by atoms with van der Waals surface area (Å²) in [5.74, 6) is -0.510. The smallest absolute Gasteiger partial charge is 0.748 e. The van der Waals surface area contributed by atoms with E-state index in [4.69, 9.17) is 5.73 Å². The van der Waals surface area contributed by atoms with Gasteiger partial charge in [-0.25, -0.2) is 8.42 Å². The van der Waals surface area contributed by atoms with E-state index in [0.29, 0.717) is 0 Å². The monoisotopic (exact) mass is 220 g/mol. The number of nitrogens with one attached hydrogen (secondary N) is 1. The number of rotatable bonds is 3. The van der Waals surface area contributed by atoms with Crippen LogP contribution in [0.4, 0.5) is 0 Å². The van der Waals surface area contributed by atoms with E-state index >= 15 is 0 Å². The fourth-order valence-corrected chi connectivity index (χ4v) is 1.49. The molecule has 8 heteroatoms. The molecule has 0 bridgehead atoms. The Morgan fingerprint density at radius 2 is 2.17 bits per heavy atom. The van der Waals surface area contributed by atoms with Gasteiger partial charge in [-0.05, 0) is 19.1 Å². The second-order valence-corrected chi connectivity index (χ2v) is 4.02. The first-order valence-corrected chi connectivity index (χ1v) is 4.79. The van der Waals surface area contributed by atoms with E-state index in [9.17, 15) is 13.0 Å². The van der Waals surface area contributed by atoms with Crippen LogP contribution in [0.3, 0.4) is 0 Å². The summed E-state index contributed by atoms with van der Waals surface area (Å²) < 4.78 is 30.4. The van der Waals surface area contributed by atoms with Crippen molar-refractivity contribution in [2.75, 3.05) is 5.75 Å². The topological polar surface area (TPSA) is 95.2 Å². The van der Waals surface area contributed by atoms with Crippen molar-refractivity contribution in [3.05, 3.63) is 0 Å². The molecule has 0 rings (SSSR count). The summed E-state index contributed by atoms with van der Waals surface area (Å²) in [7, 11) is -4.20.